The quantitative estimate of drug-likeness (QED) is 0.766. The monoisotopic (exact) mass is 325 g/mol. The first-order valence-corrected chi connectivity index (χ1v) is 8.93. The van der Waals surface area contributed by atoms with E-state index in [0.29, 0.717) is 11.1 Å². The van der Waals surface area contributed by atoms with Crippen LogP contribution in [0.2, 0.25) is 0 Å². The highest BCUT2D eigenvalue weighted by atomic mass is 32.2. The van der Waals surface area contributed by atoms with Crippen LogP contribution in [0.1, 0.15) is 41.3 Å². The molecule has 1 amide bonds. The number of carbonyl (C=O) groups excluding carboxylic acids is 1. The summed E-state index contributed by atoms with van der Waals surface area (Å²) in [7, 11) is -3.85. The summed E-state index contributed by atoms with van der Waals surface area (Å²) in [6.07, 6.45) is 1.91. The van der Waals surface area contributed by atoms with Crippen LogP contribution < -0.4 is 15.8 Å². The van der Waals surface area contributed by atoms with E-state index in [4.69, 9.17) is 5.14 Å². The number of hydrogen-bond donors (Lipinski definition) is 3. The first kappa shape index (κ1) is 16.9. The van der Waals surface area contributed by atoms with Crippen molar-refractivity contribution in [3.63, 3.8) is 0 Å². The molecule has 1 aromatic rings. The number of sulfonamides is 1. The lowest BCUT2D eigenvalue weighted by molar-refractivity contribution is 0.0919. The molecule has 0 bridgehead atoms. The van der Waals surface area contributed by atoms with E-state index in [2.05, 4.69) is 10.6 Å². The molecule has 1 aliphatic heterocycles. The number of hydrogen-bond acceptors (Lipinski definition) is 4. The fourth-order valence-electron chi connectivity index (χ4n) is 2.75. The maximum Gasteiger partial charge on any atom is 0.251 e. The van der Waals surface area contributed by atoms with Gasteiger partial charge >= 0.3 is 0 Å². The Balaban J connectivity index is 2.28. The molecule has 7 heteroatoms. The zero-order valence-corrected chi connectivity index (χ0v) is 14.0. The minimum atomic E-state index is -3.85. The molecule has 2 atom stereocenters. The molecular formula is C15H23N3O3S. The second-order valence-electron chi connectivity index (χ2n) is 5.93. The molecule has 0 aliphatic carbocycles. The first-order chi connectivity index (χ1) is 10.2. The summed E-state index contributed by atoms with van der Waals surface area (Å²) in [4.78, 5) is 12.4. The number of aryl methyl sites for hydroxylation is 1. The van der Waals surface area contributed by atoms with E-state index < -0.39 is 10.0 Å². The van der Waals surface area contributed by atoms with E-state index in [-0.39, 0.29) is 22.9 Å². The molecule has 0 aromatic heterocycles. The second-order valence-corrected chi connectivity index (χ2v) is 7.46. The third-order valence-electron chi connectivity index (χ3n) is 4.27. The average molecular weight is 325 g/mol. The standard InChI is InChI=1S/C15H23N3O3S/c1-9-7-12(8-14(10(9)2)22(16,20)21)15(19)18-13-5-4-6-17-11(13)3/h7-8,11,13,17H,4-6H2,1-3H3,(H,18,19)(H2,16,20,21). The average Bonchev–Trinajstić information content (AvgIpc) is 2.42. The highest BCUT2D eigenvalue weighted by Gasteiger charge is 2.24. The molecule has 2 unspecified atom stereocenters. The molecule has 1 aliphatic rings. The third kappa shape index (κ3) is 3.66. The van der Waals surface area contributed by atoms with Crippen molar-refractivity contribution in [1.82, 2.24) is 10.6 Å². The van der Waals surface area contributed by atoms with Crippen LogP contribution in [0, 0.1) is 13.8 Å². The van der Waals surface area contributed by atoms with Gasteiger partial charge in [0.2, 0.25) is 10.0 Å². The Bertz CT molecular complexity index is 686. The van der Waals surface area contributed by atoms with Gasteiger partial charge in [0.1, 0.15) is 0 Å². The van der Waals surface area contributed by atoms with Gasteiger partial charge in [0.15, 0.2) is 0 Å². The fraction of sp³-hybridized carbons (Fsp3) is 0.533. The van der Waals surface area contributed by atoms with Gasteiger partial charge in [-0.1, -0.05) is 0 Å². The Morgan fingerprint density at radius 1 is 1.36 bits per heavy atom. The second kappa shape index (κ2) is 6.36. The highest BCUT2D eigenvalue weighted by molar-refractivity contribution is 7.89. The summed E-state index contributed by atoms with van der Waals surface area (Å²) >= 11 is 0. The predicted molar refractivity (Wildman–Crippen MR) is 85.2 cm³/mol. The molecule has 1 saturated heterocycles. The number of primary sulfonamides is 1. The van der Waals surface area contributed by atoms with Gasteiger partial charge in [-0.2, -0.15) is 0 Å². The zero-order valence-electron chi connectivity index (χ0n) is 13.1. The topological polar surface area (TPSA) is 101 Å². The Morgan fingerprint density at radius 2 is 2.05 bits per heavy atom. The Morgan fingerprint density at radius 3 is 2.64 bits per heavy atom. The molecule has 2 rings (SSSR count). The van der Waals surface area contributed by atoms with Crippen molar-refractivity contribution in [1.29, 1.82) is 0 Å². The molecule has 0 radical (unpaired) electrons. The van der Waals surface area contributed by atoms with E-state index in [1.165, 1.54) is 6.07 Å². The largest absolute Gasteiger partial charge is 0.348 e. The molecule has 122 valence electrons. The number of rotatable bonds is 3. The fourth-order valence-corrected chi connectivity index (χ4v) is 3.63. The lowest BCUT2D eigenvalue weighted by Gasteiger charge is -2.30. The smallest absolute Gasteiger partial charge is 0.251 e. The van der Waals surface area contributed by atoms with Crippen molar-refractivity contribution < 1.29 is 13.2 Å². The van der Waals surface area contributed by atoms with Crippen molar-refractivity contribution in [2.75, 3.05) is 6.54 Å². The van der Waals surface area contributed by atoms with E-state index >= 15 is 0 Å². The summed E-state index contributed by atoms with van der Waals surface area (Å²) in [6, 6.07) is 3.29. The Hall–Kier alpha value is -1.44. The van der Waals surface area contributed by atoms with Crippen molar-refractivity contribution in [2.24, 2.45) is 5.14 Å². The molecule has 0 spiro atoms. The van der Waals surface area contributed by atoms with Crippen LogP contribution in [0.15, 0.2) is 17.0 Å². The van der Waals surface area contributed by atoms with Crippen molar-refractivity contribution in [2.45, 2.75) is 50.6 Å². The van der Waals surface area contributed by atoms with Gasteiger partial charge in [-0.15, -0.1) is 0 Å². The lowest BCUT2D eigenvalue weighted by atomic mass is 9.99. The van der Waals surface area contributed by atoms with Crippen LogP contribution in [-0.4, -0.2) is 33.0 Å². The van der Waals surface area contributed by atoms with Gasteiger partial charge in [-0.05, 0) is 63.4 Å². The SMILES string of the molecule is Cc1cc(C(=O)NC2CCCNC2C)cc(S(N)(=O)=O)c1C. The maximum atomic E-state index is 12.4. The van der Waals surface area contributed by atoms with Crippen molar-refractivity contribution in [3.05, 3.63) is 28.8 Å². The molecule has 6 nitrogen and oxygen atoms in total. The predicted octanol–water partition coefficient (Wildman–Crippen LogP) is 0.821. The third-order valence-corrected chi connectivity index (χ3v) is 5.30. The van der Waals surface area contributed by atoms with Crippen LogP contribution in [0.3, 0.4) is 0 Å². The number of amides is 1. The zero-order chi connectivity index (χ0) is 16.5. The minimum absolute atomic E-state index is 0.00691. The number of carbonyl (C=O) groups is 1. The minimum Gasteiger partial charge on any atom is -0.348 e. The van der Waals surface area contributed by atoms with Crippen LogP contribution in [0.25, 0.3) is 0 Å². The van der Waals surface area contributed by atoms with Gasteiger partial charge in [0.25, 0.3) is 5.91 Å². The van der Waals surface area contributed by atoms with Crippen LogP contribution >= 0.6 is 0 Å². The van der Waals surface area contributed by atoms with E-state index in [0.717, 1.165) is 24.9 Å². The molecule has 1 heterocycles. The molecule has 1 fully saturated rings. The van der Waals surface area contributed by atoms with Crippen LogP contribution in [0.5, 0.6) is 0 Å². The summed E-state index contributed by atoms with van der Waals surface area (Å²) < 4.78 is 23.3. The normalized spacial score (nSPS) is 22.4. The van der Waals surface area contributed by atoms with Gasteiger partial charge < -0.3 is 10.6 Å². The van der Waals surface area contributed by atoms with Gasteiger partial charge in [-0.3, -0.25) is 4.79 Å². The summed E-state index contributed by atoms with van der Waals surface area (Å²) in [6.45, 7) is 6.43. The molecule has 1 aromatic carbocycles. The summed E-state index contributed by atoms with van der Waals surface area (Å²) in [5, 5.41) is 11.5. The lowest BCUT2D eigenvalue weighted by Crippen LogP contribution is -2.51. The maximum absolute atomic E-state index is 12.4. The van der Waals surface area contributed by atoms with E-state index in [9.17, 15) is 13.2 Å². The first-order valence-electron chi connectivity index (χ1n) is 7.38. The molecule has 22 heavy (non-hydrogen) atoms. The van der Waals surface area contributed by atoms with E-state index in [1.807, 2.05) is 6.92 Å². The Labute approximate surface area is 131 Å². The van der Waals surface area contributed by atoms with E-state index in [1.54, 1.807) is 19.9 Å². The Kier molecular flexibility index (Phi) is 4.89. The molecular weight excluding hydrogens is 302 g/mol. The van der Waals surface area contributed by atoms with Crippen molar-refractivity contribution >= 4 is 15.9 Å². The van der Waals surface area contributed by atoms with Gasteiger partial charge in [0, 0.05) is 17.6 Å². The summed E-state index contributed by atoms with van der Waals surface area (Å²) in [5.74, 6) is -0.270. The molecule has 0 saturated carbocycles. The number of nitrogens with two attached hydrogens (primary N) is 1. The van der Waals surface area contributed by atoms with Crippen LogP contribution in [-0.2, 0) is 10.0 Å². The number of benzene rings is 1. The highest BCUT2D eigenvalue weighted by Crippen LogP contribution is 2.20. The molecule has 4 N–H and O–H groups in total. The number of piperidine rings is 1. The van der Waals surface area contributed by atoms with Crippen LogP contribution in [0.4, 0.5) is 0 Å². The van der Waals surface area contributed by atoms with Crippen molar-refractivity contribution in [3.8, 4) is 0 Å². The van der Waals surface area contributed by atoms with Gasteiger partial charge in [-0.25, -0.2) is 13.6 Å². The summed E-state index contributed by atoms with van der Waals surface area (Å²) in [5.41, 5.74) is 1.63. The van der Waals surface area contributed by atoms with Gasteiger partial charge in [0.05, 0.1) is 4.90 Å². The number of nitrogens with one attached hydrogen (secondary N) is 2.